The predicted octanol–water partition coefficient (Wildman–Crippen LogP) is 3.05. The van der Waals surface area contributed by atoms with Crippen molar-refractivity contribution in [2.45, 2.75) is 45.1 Å². The fourth-order valence-corrected chi connectivity index (χ4v) is 3.88. The molecule has 180 valence electrons. The van der Waals surface area contributed by atoms with Gasteiger partial charge in [-0.15, -0.1) is 0 Å². The van der Waals surface area contributed by atoms with Crippen LogP contribution in [0, 0.1) is 0 Å². The summed E-state index contributed by atoms with van der Waals surface area (Å²) >= 11 is 0. The highest BCUT2D eigenvalue weighted by Gasteiger charge is 2.13. The van der Waals surface area contributed by atoms with Crippen LogP contribution >= 0.6 is 0 Å². The summed E-state index contributed by atoms with van der Waals surface area (Å²) in [5.41, 5.74) is 3.05. The van der Waals surface area contributed by atoms with Crippen molar-refractivity contribution in [1.82, 2.24) is 9.05 Å². The molecular formula is C27H37IN2O3. The lowest BCUT2D eigenvalue weighted by atomic mass is 10.1. The highest BCUT2D eigenvalue weighted by atomic mass is 127. The summed E-state index contributed by atoms with van der Waals surface area (Å²) in [5.74, 6) is 0.674. The maximum Gasteiger partial charge on any atom is 0.338 e. The predicted molar refractivity (Wildman–Crippen MR) is 132 cm³/mol. The number of nitrogens with zero attached hydrogens (tertiary/aromatic N) is 2. The number of rotatable bonds is 12. The summed E-state index contributed by atoms with van der Waals surface area (Å²) in [7, 11) is 8.02. The molecule has 3 rings (SSSR count). The molecule has 2 aromatic carbocycles. The van der Waals surface area contributed by atoms with Gasteiger partial charge in [0.2, 0.25) is 0 Å². The van der Waals surface area contributed by atoms with Gasteiger partial charge in [-0.1, -0.05) is 25.7 Å². The Morgan fingerprint density at radius 2 is 1.55 bits per heavy atom. The first-order valence-electron chi connectivity index (χ1n) is 11.6. The molecule has 0 fully saturated rings. The Kier molecular flexibility index (Phi) is 10.7. The zero-order chi connectivity index (χ0) is 23.0. The van der Waals surface area contributed by atoms with Gasteiger partial charge in [0.25, 0.3) is 0 Å². The van der Waals surface area contributed by atoms with E-state index in [4.69, 9.17) is 9.47 Å². The highest BCUT2D eigenvalue weighted by molar-refractivity contribution is 5.89. The average Bonchev–Trinajstić information content (AvgIpc) is 3.19. The van der Waals surface area contributed by atoms with Gasteiger partial charge in [-0.2, -0.15) is 0 Å². The molecule has 0 saturated heterocycles. The van der Waals surface area contributed by atoms with Crippen LogP contribution in [0.2, 0.25) is 0 Å². The van der Waals surface area contributed by atoms with Crippen molar-refractivity contribution in [2.75, 3.05) is 34.9 Å². The molecule has 0 saturated carbocycles. The van der Waals surface area contributed by atoms with Crippen molar-refractivity contribution < 1.29 is 38.2 Å². The first kappa shape index (κ1) is 27.2. The minimum Gasteiger partial charge on any atom is -1.00 e. The second kappa shape index (κ2) is 13.0. The summed E-state index contributed by atoms with van der Waals surface area (Å²) in [6, 6.07) is 16.1. The molecule has 33 heavy (non-hydrogen) atoms. The molecule has 6 heteroatoms. The molecule has 0 spiro atoms. The number of benzene rings is 2. The summed E-state index contributed by atoms with van der Waals surface area (Å²) in [4.78, 5) is 12.2. The second-order valence-corrected chi connectivity index (χ2v) is 9.25. The molecule has 0 aliphatic heterocycles. The number of carbonyl (C=O) groups excluding carboxylic acids is 1. The molecule has 1 heterocycles. The van der Waals surface area contributed by atoms with E-state index in [9.17, 15) is 4.79 Å². The van der Waals surface area contributed by atoms with Crippen LogP contribution in [0.4, 0.5) is 5.69 Å². The molecule has 3 aromatic rings. The molecule has 5 nitrogen and oxygen atoms in total. The summed E-state index contributed by atoms with van der Waals surface area (Å²) in [6.07, 6.45) is 8.97. The van der Waals surface area contributed by atoms with Crippen LogP contribution < -0.4 is 33.2 Å². The van der Waals surface area contributed by atoms with Crippen molar-refractivity contribution in [3.05, 3.63) is 60.3 Å². The third-order valence-corrected chi connectivity index (χ3v) is 5.88. The number of ether oxygens (including phenoxy) is 2. The number of aromatic nitrogens is 1. The third kappa shape index (κ3) is 8.03. The zero-order valence-electron chi connectivity index (χ0n) is 20.4. The third-order valence-electron chi connectivity index (χ3n) is 5.88. The first-order valence-corrected chi connectivity index (χ1v) is 11.6. The normalized spacial score (nSPS) is 11.3. The molecule has 0 atom stereocenters. The quantitative estimate of drug-likeness (QED) is 0.147. The van der Waals surface area contributed by atoms with E-state index in [0.29, 0.717) is 12.2 Å². The summed E-state index contributed by atoms with van der Waals surface area (Å²) < 4.78 is 13.8. The lowest BCUT2D eigenvalue weighted by molar-refractivity contribution is -0.0000254. The van der Waals surface area contributed by atoms with E-state index < -0.39 is 0 Å². The van der Waals surface area contributed by atoms with Crippen LogP contribution in [0.25, 0.3) is 10.9 Å². The van der Waals surface area contributed by atoms with Gasteiger partial charge >= 0.3 is 5.97 Å². The van der Waals surface area contributed by atoms with E-state index in [-0.39, 0.29) is 29.9 Å². The van der Waals surface area contributed by atoms with E-state index in [1.165, 1.54) is 36.6 Å². The molecule has 0 unspecified atom stereocenters. The van der Waals surface area contributed by atoms with Gasteiger partial charge in [-0.25, -0.2) is 4.79 Å². The van der Waals surface area contributed by atoms with Crippen molar-refractivity contribution in [1.29, 1.82) is 0 Å². The van der Waals surface area contributed by atoms with E-state index in [1.807, 2.05) is 30.3 Å². The van der Waals surface area contributed by atoms with Gasteiger partial charge < -0.3 is 38.0 Å². The number of quaternary nitrogens is 1. The Morgan fingerprint density at radius 3 is 2.21 bits per heavy atom. The Balaban J connectivity index is 0.00000385. The number of hydrogen-bond acceptors (Lipinski definition) is 3. The Morgan fingerprint density at radius 1 is 0.879 bits per heavy atom. The van der Waals surface area contributed by atoms with Crippen LogP contribution in [0.15, 0.2) is 54.7 Å². The number of unbranched alkanes of at least 4 members (excludes halogenated alkanes) is 5. The van der Waals surface area contributed by atoms with E-state index in [0.717, 1.165) is 35.3 Å². The SMILES string of the molecule is COc1ccc2c(ccn2CCCCCCCCOC(=O)c2ccc([N+](C)(C)C)cc2)c1.[I-]. The fraction of sp³-hybridized carbons (Fsp3) is 0.444. The van der Waals surface area contributed by atoms with E-state index in [2.05, 4.69) is 50.1 Å². The number of esters is 1. The van der Waals surface area contributed by atoms with Gasteiger partial charge in [0.1, 0.15) is 11.4 Å². The lowest BCUT2D eigenvalue weighted by Crippen LogP contribution is -3.00. The Hall–Kier alpha value is -2.06. The molecule has 1 aromatic heterocycles. The number of hydrogen-bond donors (Lipinski definition) is 0. The standard InChI is InChI=1S/C27H37N2O3.HI/c1-29(2,3)24-13-11-22(12-14-24)27(30)32-20-10-8-6-5-7-9-18-28-19-17-23-21-25(31-4)15-16-26(23)28;/h11-17,19,21H,5-10,18,20H2,1-4H3;1H/q+1;/p-1. The molecule has 0 N–H and O–H groups in total. The number of carbonyl (C=O) groups is 1. The number of fused-ring (bicyclic) bond motifs is 1. The van der Waals surface area contributed by atoms with Gasteiger partial charge in [0.15, 0.2) is 0 Å². The molecule has 0 aliphatic carbocycles. The largest absolute Gasteiger partial charge is 1.00 e. The van der Waals surface area contributed by atoms with Crippen molar-refractivity contribution in [3.8, 4) is 5.75 Å². The Labute approximate surface area is 215 Å². The molecular weight excluding hydrogens is 527 g/mol. The van der Waals surface area contributed by atoms with Gasteiger partial charge in [0.05, 0.1) is 40.4 Å². The number of aryl methyl sites for hydroxylation is 1. The van der Waals surface area contributed by atoms with Gasteiger partial charge in [-0.05, 0) is 61.4 Å². The number of halogens is 1. The Bertz CT molecular complexity index is 1010. The van der Waals surface area contributed by atoms with Gasteiger partial charge in [0, 0.05) is 23.6 Å². The monoisotopic (exact) mass is 564 g/mol. The average molecular weight is 565 g/mol. The fourth-order valence-electron chi connectivity index (χ4n) is 3.88. The lowest BCUT2D eigenvalue weighted by Gasteiger charge is -2.23. The van der Waals surface area contributed by atoms with E-state index >= 15 is 0 Å². The minimum absolute atomic E-state index is 0. The molecule has 0 bridgehead atoms. The highest BCUT2D eigenvalue weighted by Crippen LogP contribution is 2.22. The second-order valence-electron chi connectivity index (χ2n) is 9.25. The smallest absolute Gasteiger partial charge is 0.338 e. The molecule has 0 amide bonds. The molecule has 0 aliphatic rings. The van der Waals surface area contributed by atoms with E-state index in [1.54, 1.807) is 7.11 Å². The van der Waals surface area contributed by atoms with Crippen LogP contribution in [0.5, 0.6) is 5.75 Å². The first-order chi connectivity index (χ1) is 15.4. The maximum absolute atomic E-state index is 12.2. The number of methoxy groups -OCH3 is 1. The van der Waals surface area contributed by atoms with Gasteiger partial charge in [-0.3, -0.25) is 4.48 Å². The van der Waals surface area contributed by atoms with Crippen LogP contribution in [-0.2, 0) is 11.3 Å². The molecule has 0 radical (unpaired) electrons. The summed E-state index contributed by atoms with van der Waals surface area (Å²) in [6.45, 7) is 1.54. The topological polar surface area (TPSA) is 40.5 Å². The van der Waals surface area contributed by atoms with Crippen LogP contribution in [0.1, 0.15) is 48.9 Å². The minimum atomic E-state index is -0.227. The van der Waals surface area contributed by atoms with Crippen LogP contribution in [0.3, 0.4) is 0 Å². The zero-order valence-corrected chi connectivity index (χ0v) is 22.5. The van der Waals surface area contributed by atoms with Crippen molar-refractivity contribution >= 4 is 22.6 Å². The van der Waals surface area contributed by atoms with Crippen molar-refractivity contribution in [3.63, 3.8) is 0 Å². The van der Waals surface area contributed by atoms with Crippen LogP contribution in [-0.4, -0.2) is 45.4 Å². The maximum atomic E-state index is 12.2. The van der Waals surface area contributed by atoms with Crippen molar-refractivity contribution in [2.24, 2.45) is 0 Å². The summed E-state index contributed by atoms with van der Waals surface area (Å²) in [5, 5.41) is 1.23.